The average Bonchev–Trinajstić information content (AvgIpc) is 2.37. The molecule has 0 bridgehead atoms. The van der Waals surface area contributed by atoms with Crippen LogP contribution in [0.25, 0.3) is 0 Å². The van der Waals surface area contributed by atoms with Crippen molar-refractivity contribution in [3.05, 3.63) is 0 Å². The van der Waals surface area contributed by atoms with Gasteiger partial charge in [0.05, 0.1) is 7.59 Å². The van der Waals surface area contributed by atoms with Crippen molar-refractivity contribution < 1.29 is 4.43 Å². The average molecular weight is 259 g/mol. The fourth-order valence-electron chi connectivity index (χ4n) is 3.87. The number of hydrogen-bond donors (Lipinski definition) is 0. The Morgan fingerprint density at radius 3 is 1.88 bits per heavy atom. The Labute approximate surface area is 104 Å². The van der Waals surface area contributed by atoms with E-state index >= 15 is 0 Å². The predicted octanol–water partition coefficient (Wildman–Crippen LogP) is 4.74. The Kier molecular flexibility index (Phi) is 5.26. The van der Waals surface area contributed by atoms with Crippen LogP contribution in [0.1, 0.15) is 47.5 Å². The van der Waals surface area contributed by atoms with Gasteiger partial charge in [-0.25, -0.2) is 0 Å². The summed E-state index contributed by atoms with van der Waals surface area (Å²) in [4.78, 5) is 0. The van der Waals surface area contributed by atoms with Crippen molar-refractivity contribution in [1.82, 2.24) is 0 Å². The van der Waals surface area contributed by atoms with Gasteiger partial charge in [0.15, 0.2) is 7.83 Å². The maximum absolute atomic E-state index is 6.72. The molecule has 1 fully saturated rings. The van der Waals surface area contributed by atoms with Crippen LogP contribution in [-0.4, -0.2) is 21.5 Å². The molecule has 0 spiro atoms. The molecule has 1 nitrogen and oxygen atoms in total. The largest absolute Gasteiger partial charge is 0.417 e. The molecule has 1 atom stereocenters. The summed E-state index contributed by atoms with van der Waals surface area (Å²) in [5.74, 6) is 0. The Morgan fingerprint density at radius 1 is 0.938 bits per heavy atom. The molecule has 0 aromatic heterocycles. The van der Waals surface area contributed by atoms with Crippen molar-refractivity contribution in [2.24, 2.45) is 0 Å². The molecule has 3 heteroatoms. The van der Waals surface area contributed by atoms with Crippen LogP contribution >= 0.6 is 0 Å². The molecule has 0 aromatic carbocycles. The van der Waals surface area contributed by atoms with Gasteiger partial charge in [-0.3, -0.25) is 0 Å². The summed E-state index contributed by atoms with van der Waals surface area (Å²) in [6.07, 6.45) is 3.19. The Morgan fingerprint density at radius 2 is 1.50 bits per heavy atom. The first kappa shape index (κ1) is 14.5. The Bertz CT molecular complexity index is 210. The second kappa shape index (κ2) is 5.83. The van der Waals surface area contributed by atoms with E-state index < -0.39 is 15.4 Å². The maximum Gasteiger partial charge on any atom is 0.180 e. The zero-order chi connectivity index (χ0) is 12.2. The van der Waals surface area contributed by atoms with Crippen LogP contribution in [0, 0.1) is 0 Å². The standard InChI is InChI=1S/C13H30OSi2/c1-6-13-11-12-15(7-2,8-3)16(9-4,10-5)14-13/h13H,6-12H2,1-5H3. The van der Waals surface area contributed by atoms with Gasteiger partial charge in [-0.1, -0.05) is 52.8 Å². The van der Waals surface area contributed by atoms with Gasteiger partial charge < -0.3 is 4.43 Å². The van der Waals surface area contributed by atoms with Gasteiger partial charge in [-0.05, 0) is 24.9 Å². The molecule has 0 aliphatic carbocycles. The van der Waals surface area contributed by atoms with Crippen molar-refractivity contribution in [3.63, 3.8) is 0 Å². The fraction of sp³-hybridized carbons (Fsp3) is 1.00. The van der Waals surface area contributed by atoms with Crippen LogP contribution in [0.15, 0.2) is 0 Å². The minimum atomic E-state index is -1.36. The molecule has 0 aromatic rings. The first-order valence-electron chi connectivity index (χ1n) is 7.31. The van der Waals surface area contributed by atoms with Crippen molar-refractivity contribution in [2.75, 3.05) is 0 Å². The monoisotopic (exact) mass is 258 g/mol. The maximum atomic E-state index is 6.72. The predicted molar refractivity (Wildman–Crippen MR) is 78.0 cm³/mol. The van der Waals surface area contributed by atoms with Crippen molar-refractivity contribution in [3.8, 4) is 0 Å². The summed E-state index contributed by atoms with van der Waals surface area (Å²) >= 11 is 0. The topological polar surface area (TPSA) is 9.23 Å². The van der Waals surface area contributed by atoms with Crippen LogP contribution in [-0.2, 0) is 4.43 Å². The van der Waals surface area contributed by atoms with Crippen molar-refractivity contribution >= 4 is 15.4 Å². The zero-order valence-electron chi connectivity index (χ0n) is 11.9. The van der Waals surface area contributed by atoms with E-state index in [0.29, 0.717) is 6.10 Å². The lowest BCUT2D eigenvalue weighted by Crippen LogP contribution is -2.67. The second-order valence-corrected chi connectivity index (χ2v) is 19.4. The summed E-state index contributed by atoms with van der Waals surface area (Å²) in [5, 5.41) is 0. The molecule has 1 aliphatic rings. The van der Waals surface area contributed by atoms with Gasteiger partial charge in [0.2, 0.25) is 0 Å². The van der Waals surface area contributed by atoms with Crippen LogP contribution in [0.5, 0.6) is 0 Å². The molecule has 0 amide bonds. The smallest absolute Gasteiger partial charge is 0.180 e. The highest BCUT2D eigenvalue weighted by molar-refractivity contribution is 7.40. The lowest BCUT2D eigenvalue weighted by atomic mass is 10.2. The summed E-state index contributed by atoms with van der Waals surface area (Å²) in [6.45, 7) is 12.0. The van der Waals surface area contributed by atoms with E-state index in [0.717, 1.165) is 0 Å². The van der Waals surface area contributed by atoms with Crippen LogP contribution in [0.2, 0.25) is 30.2 Å². The van der Waals surface area contributed by atoms with Crippen molar-refractivity contribution in [2.45, 2.75) is 83.8 Å². The highest BCUT2D eigenvalue weighted by atomic mass is 29.3. The lowest BCUT2D eigenvalue weighted by Gasteiger charge is -2.52. The molecule has 96 valence electrons. The molecule has 1 aliphatic heterocycles. The van der Waals surface area contributed by atoms with Gasteiger partial charge in [-0.15, -0.1) is 0 Å². The third-order valence-electron chi connectivity index (χ3n) is 5.25. The van der Waals surface area contributed by atoms with E-state index in [1.165, 1.54) is 37.0 Å². The summed E-state index contributed by atoms with van der Waals surface area (Å²) in [6, 6.07) is 7.23. The summed E-state index contributed by atoms with van der Waals surface area (Å²) in [5.41, 5.74) is 0. The van der Waals surface area contributed by atoms with Gasteiger partial charge in [0.25, 0.3) is 0 Å². The molecule has 16 heavy (non-hydrogen) atoms. The van der Waals surface area contributed by atoms with E-state index in [-0.39, 0.29) is 0 Å². The molecular weight excluding hydrogens is 228 g/mol. The molecule has 1 unspecified atom stereocenters. The zero-order valence-corrected chi connectivity index (χ0v) is 13.9. The SMILES string of the molecule is CCC1CC[Si](CC)(CC)[Si](CC)(CC)O1. The van der Waals surface area contributed by atoms with Gasteiger partial charge >= 0.3 is 0 Å². The van der Waals surface area contributed by atoms with Gasteiger partial charge in [0, 0.05) is 6.10 Å². The third-order valence-corrected chi connectivity index (χ3v) is 25.4. The molecule has 1 saturated heterocycles. The van der Waals surface area contributed by atoms with Crippen LogP contribution in [0.4, 0.5) is 0 Å². The molecule has 1 heterocycles. The highest BCUT2D eigenvalue weighted by Crippen LogP contribution is 2.43. The first-order chi connectivity index (χ1) is 7.63. The van der Waals surface area contributed by atoms with E-state index in [4.69, 9.17) is 4.43 Å². The normalized spacial score (nSPS) is 27.9. The summed E-state index contributed by atoms with van der Waals surface area (Å²) in [7, 11) is -2.41. The molecule has 1 rings (SSSR count). The molecule has 0 N–H and O–H groups in total. The fourth-order valence-corrected chi connectivity index (χ4v) is 22.6. The first-order valence-corrected chi connectivity index (χ1v) is 13.3. The van der Waals surface area contributed by atoms with Crippen LogP contribution in [0.3, 0.4) is 0 Å². The highest BCUT2D eigenvalue weighted by Gasteiger charge is 2.55. The quantitative estimate of drug-likeness (QED) is 0.647. The second-order valence-electron chi connectivity index (χ2n) is 5.38. The Hall–Kier alpha value is 0.394. The summed E-state index contributed by atoms with van der Waals surface area (Å²) < 4.78 is 6.72. The van der Waals surface area contributed by atoms with Crippen molar-refractivity contribution in [1.29, 1.82) is 0 Å². The Balaban J connectivity index is 2.99. The van der Waals surface area contributed by atoms with Gasteiger partial charge in [0.1, 0.15) is 0 Å². The van der Waals surface area contributed by atoms with E-state index in [9.17, 15) is 0 Å². The van der Waals surface area contributed by atoms with E-state index in [1.54, 1.807) is 6.04 Å². The lowest BCUT2D eigenvalue weighted by molar-refractivity contribution is 0.176. The minimum absolute atomic E-state index is 0.602. The van der Waals surface area contributed by atoms with E-state index in [1.807, 2.05) is 0 Å². The minimum Gasteiger partial charge on any atom is -0.417 e. The van der Waals surface area contributed by atoms with Crippen LogP contribution < -0.4 is 0 Å². The molecule has 0 saturated carbocycles. The molecule has 0 radical (unpaired) electrons. The number of hydrogen-bond acceptors (Lipinski definition) is 1. The number of rotatable bonds is 5. The van der Waals surface area contributed by atoms with Gasteiger partial charge in [-0.2, -0.15) is 0 Å². The molecular formula is C13H30OSi2. The third kappa shape index (κ3) is 2.18. The van der Waals surface area contributed by atoms with E-state index in [2.05, 4.69) is 34.6 Å².